The molecule has 1 fully saturated rings. The SMILES string of the molecule is CCNC(=NCC(C)(O)c1ccccc1)NCCN1CCS(=O)(=O)CC1. The van der Waals surface area contributed by atoms with Crippen LogP contribution in [-0.4, -0.2) is 75.2 Å². The van der Waals surface area contributed by atoms with Crippen LogP contribution in [0.15, 0.2) is 35.3 Å². The highest BCUT2D eigenvalue weighted by Gasteiger charge is 2.23. The molecule has 1 aliphatic heterocycles. The molecular weight excluding hydrogens is 352 g/mol. The molecule has 0 aromatic heterocycles. The van der Waals surface area contributed by atoms with Crippen molar-refractivity contribution in [1.29, 1.82) is 0 Å². The van der Waals surface area contributed by atoms with Crippen molar-refractivity contribution in [3.63, 3.8) is 0 Å². The van der Waals surface area contributed by atoms with Crippen molar-refractivity contribution in [2.24, 2.45) is 4.99 Å². The molecule has 0 spiro atoms. The summed E-state index contributed by atoms with van der Waals surface area (Å²) in [7, 11) is -2.84. The van der Waals surface area contributed by atoms with Gasteiger partial charge in [-0.2, -0.15) is 0 Å². The van der Waals surface area contributed by atoms with Crippen molar-refractivity contribution >= 4 is 15.8 Å². The van der Waals surface area contributed by atoms with E-state index in [1.165, 1.54) is 0 Å². The van der Waals surface area contributed by atoms with Crippen LogP contribution in [-0.2, 0) is 15.4 Å². The lowest BCUT2D eigenvalue weighted by atomic mass is 9.96. The molecule has 0 saturated carbocycles. The molecule has 146 valence electrons. The summed E-state index contributed by atoms with van der Waals surface area (Å²) < 4.78 is 22.9. The van der Waals surface area contributed by atoms with Crippen molar-refractivity contribution in [2.45, 2.75) is 19.4 Å². The number of nitrogens with one attached hydrogen (secondary N) is 2. The molecule has 1 saturated heterocycles. The monoisotopic (exact) mass is 382 g/mol. The Balaban J connectivity index is 1.85. The maximum atomic E-state index is 11.5. The number of hydrogen-bond donors (Lipinski definition) is 3. The van der Waals surface area contributed by atoms with Crippen LogP contribution in [0.3, 0.4) is 0 Å². The van der Waals surface area contributed by atoms with E-state index in [0.717, 1.165) is 18.7 Å². The molecule has 1 aromatic rings. The second-order valence-corrected chi connectivity index (χ2v) is 9.06. The van der Waals surface area contributed by atoms with E-state index in [2.05, 4.69) is 20.5 Å². The quantitative estimate of drug-likeness (QED) is 0.460. The number of sulfone groups is 1. The van der Waals surface area contributed by atoms with Crippen molar-refractivity contribution in [3.8, 4) is 0 Å². The van der Waals surface area contributed by atoms with Gasteiger partial charge < -0.3 is 15.7 Å². The van der Waals surface area contributed by atoms with E-state index < -0.39 is 15.4 Å². The van der Waals surface area contributed by atoms with Gasteiger partial charge in [-0.15, -0.1) is 0 Å². The maximum absolute atomic E-state index is 11.5. The van der Waals surface area contributed by atoms with Crippen molar-refractivity contribution in [1.82, 2.24) is 15.5 Å². The van der Waals surface area contributed by atoms with Crippen LogP contribution < -0.4 is 10.6 Å². The van der Waals surface area contributed by atoms with Crippen LogP contribution in [0, 0.1) is 0 Å². The number of aliphatic hydroxyl groups is 1. The van der Waals surface area contributed by atoms with E-state index in [-0.39, 0.29) is 18.1 Å². The van der Waals surface area contributed by atoms with Crippen molar-refractivity contribution < 1.29 is 13.5 Å². The van der Waals surface area contributed by atoms with Gasteiger partial charge in [0.15, 0.2) is 15.8 Å². The summed E-state index contributed by atoms with van der Waals surface area (Å²) >= 11 is 0. The molecule has 2 rings (SSSR count). The summed E-state index contributed by atoms with van der Waals surface area (Å²) in [6, 6.07) is 9.49. The minimum atomic E-state index is -2.84. The summed E-state index contributed by atoms with van der Waals surface area (Å²) in [6.45, 7) is 7.30. The van der Waals surface area contributed by atoms with Gasteiger partial charge in [-0.3, -0.25) is 4.90 Å². The fourth-order valence-corrected chi connectivity index (χ4v) is 4.05. The summed E-state index contributed by atoms with van der Waals surface area (Å²) in [5.41, 5.74) is -0.209. The lowest BCUT2D eigenvalue weighted by Crippen LogP contribution is -2.46. The van der Waals surface area contributed by atoms with Gasteiger partial charge in [0.25, 0.3) is 0 Å². The summed E-state index contributed by atoms with van der Waals surface area (Å²) in [4.78, 5) is 6.63. The molecule has 3 N–H and O–H groups in total. The minimum absolute atomic E-state index is 0.237. The van der Waals surface area contributed by atoms with E-state index in [9.17, 15) is 13.5 Å². The van der Waals surface area contributed by atoms with Gasteiger partial charge in [0, 0.05) is 32.7 Å². The second kappa shape index (κ2) is 9.34. The van der Waals surface area contributed by atoms with Crippen molar-refractivity contribution in [3.05, 3.63) is 35.9 Å². The van der Waals surface area contributed by atoms with Crippen molar-refractivity contribution in [2.75, 3.05) is 50.8 Å². The van der Waals surface area contributed by atoms with E-state index in [1.807, 2.05) is 37.3 Å². The fraction of sp³-hybridized carbons (Fsp3) is 0.611. The first-order valence-electron chi connectivity index (χ1n) is 9.05. The Morgan fingerprint density at radius 1 is 1.23 bits per heavy atom. The van der Waals surface area contributed by atoms with Gasteiger partial charge >= 0.3 is 0 Å². The Hall–Kier alpha value is -1.64. The molecule has 0 amide bonds. The molecule has 1 aliphatic rings. The Bertz CT molecular complexity index is 676. The smallest absolute Gasteiger partial charge is 0.191 e. The topological polar surface area (TPSA) is 94.0 Å². The average molecular weight is 383 g/mol. The average Bonchev–Trinajstić information content (AvgIpc) is 2.62. The van der Waals surface area contributed by atoms with Crippen LogP contribution in [0.4, 0.5) is 0 Å². The Kier molecular flexibility index (Phi) is 7.43. The molecule has 8 heteroatoms. The van der Waals surface area contributed by atoms with Gasteiger partial charge in [0.1, 0.15) is 5.60 Å². The van der Waals surface area contributed by atoms with Crippen LogP contribution >= 0.6 is 0 Å². The molecular formula is C18H30N4O3S. The number of rotatable bonds is 7. The summed E-state index contributed by atoms with van der Waals surface area (Å²) in [5.74, 6) is 1.12. The van der Waals surface area contributed by atoms with Crippen LogP contribution in [0.2, 0.25) is 0 Å². The summed E-state index contributed by atoms with van der Waals surface area (Å²) in [6.07, 6.45) is 0. The first-order valence-corrected chi connectivity index (χ1v) is 10.9. The molecule has 7 nitrogen and oxygen atoms in total. The molecule has 1 unspecified atom stereocenters. The zero-order valence-electron chi connectivity index (χ0n) is 15.6. The van der Waals surface area contributed by atoms with Gasteiger partial charge in [0.05, 0.1) is 18.1 Å². The largest absolute Gasteiger partial charge is 0.384 e. The predicted octanol–water partition coefficient (Wildman–Crippen LogP) is 0.180. The third kappa shape index (κ3) is 6.59. The molecule has 26 heavy (non-hydrogen) atoms. The normalized spacial score (nSPS) is 20.3. The Labute approximate surface area is 156 Å². The zero-order chi connectivity index (χ0) is 19.0. The lowest BCUT2D eigenvalue weighted by Gasteiger charge is -2.27. The molecule has 1 aromatic carbocycles. The third-order valence-corrected chi connectivity index (χ3v) is 6.05. The number of hydrogen-bond acceptors (Lipinski definition) is 5. The first kappa shape index (κ1) is 20.7. The molecule has 0 radical (unpaired) electrons. The Morgan fingerprint density at radius 2 is 1.88 bits per heavy atom. The molecule has 0 aliphatic carbocycles. The highest BCUT2D eigenvalue weighted by Crippen LogP contribution is 2.20. The predicted molar refractivity (Wildman–Crippen MR) is 105 cm³/mol. The van der Waals surface area contributed by atoms with Gasteiger partial charge in [-0.25, -0.2) is 13.4 Å². The van der Waals surface area contributed by atoms with E-state index in [1.54, 1.807) is 6.92 Å². The number of benzene rings is 1. The van der Waals surface area contributed by atoms with Crippen LogP contribution in [0.5, 0.6) is 0 Å². The minimum Gasteiger partial charge on any atom is -0.384 e. The van der Waals surface area contributed by atoms with E-state index in [4.69, 9.17) is 0 Å². The van der Waals surface area contributed by atoms with Gasteiger partial charge in [0.2, 0.25) is 0 Å². The second-order valence-electron chi connectivity index (χ2n) is 6.76. The maximum Gasteiger partial charge on any atom is 0.191 e. The first-order chi connectivity index (χ1) is 12.3. The number of aliphatic imine (C=N–C) groups is 1. The van der Waals surface area contributed by atoms with Crippen LogP contribution in [0.25, 0.3) is 0 Å². The number of nitrogens with zero attached hydrogens (tertiary/aromatic N) is 2. The lowest BCUT2D eigenvalue weighted by molar-refractivity contribution is 0.0672. The highest BCUT2D eigenvalue weighted by atomic mass is 32.2. The van der Waals surface area contributed by atoms with Gasteiger partial charge in [-0.1, -0.05) is 30.3 Å². The zero-order valence-corrected chi connectivity index (χ0v) is 16.4. The Morgan fingerprint density at radius 3 is 2.50 bits per heavy atom. The molecule has 1 atom stereocenters. The fourth-order valence-electron chi connectivity index (χ4n) is 2.77. The van der Waals surface area contributed by atoms with Crippen LogP contribution in [0.1, 0.15) is 19.4 Å². The van der Waals surface area contributed by atoms with Gasteiger partial charge in [-0.05, 0) is 19.4 Å². The third-order valence-electron chi connectivity index (χ3n) is 4.44. The number of guanidine groups is 1. The standard InChI is InChI=1S/C18H30N4O3S/c1-3-19-17(20-9-10-22-11-13-26(24,25)14-12-22)21-15-18(2,23)16-7-5-4-6-8-16/h4-8,23H,3,9-15H2,1-2H3,(H2,19,20,21). The molecule has 0 bridgehead atoms. The van der Waals surface area contributed by atoms with E-state index >= 15 is 0 Å². The highest BCUT2D eigenvalue weighted by molar-refractivity contribution is 7.91. The van der Waals surface area contributed by atoms with E-state index in [0.29, 0.717) is 25.6 Å². The molecule has 1 heterocycles. The summed E-state index contributed by atoms with van der Waals surface area (Å²) in [5, 5.41) is 17.1.